The van der Waals surface area contributed by atoms with E-state index < -0.39 is 18.3 Å². The molecule has 1 aliphatic heterocycles. The molecule has 1 heterocycles. The number of carbonyl (C=O) groups is 1. The van der Waals surface area contributed by atoms with Crippen LogP contribution in [0.4, 0.5) is 0 Å². The Hall–Kier alpha value is -1.83. The van der Waals surface area contributed by atoms with Crippen molar-refractivity contribution in [2.75, 3.05) is 33.8 Å². The number of hydrogen-bond donors (Lipinski definition) is 1. The van der Waals surface area contributed by atoms with Gasteiger partial charge >= 0.3 is 7.12 Å². The summed E-state index contributed by atoms with van der Waals surface area (Å²) in [6, 6.07) is 7.87. The zero-order valence-corrected chi connectivity index (χ0v) is 18.2. The van der Waals surface area contributed by atoms with Crippen molar-refractivity contribution in [2.45, 2.75) is 45.8 Å². The predicted octanol–water partition coefficient (Wildman–Crippen LogP) is 2.78. The molecule has 0 unspecified atom stereocenters. The highest BCUT2D eigenvalue weighted by Gasteiger charge is 2.52. The molecule has 1 amide bonds. The molecular formula is C21H33BN2O4. The Morgan fingerprint density at radius 3 is 2.21 bits per heavy atom. The van der Waals surface area contributed by atoms with E-state index in [4.69, 9.17) is 14.0 Å². The smallest absolute Gasteiger partial charge is 0.492 e. The van der Waals surface area contributed by atoms with Crippen LogP contribution >= 0.6 is 0 Å². The molecule has 0 aromatic heterocycles. The van der Waals surface area contributed by atoms with Gasteiger partial charge in [-0.2, -0.15) is 0 Å². The molecule has 1 fully saturated rings. The molecule has 0 saturated carbocycles. The number of rotatable bonds is 8. The lowest BCUT2D eigenvalue weighted by molar-refractivity contribution is -0.118. The van der Waals surface area contributed by atoms with Crippen LogP contribution < -0.4 is 10.1 Å². The van der Waals surface area contributed by atoms with Crippen LogP contribution in [0.15, 0.2) is 29.7 Å². The molecule has 2 rings (SSSR count). The van der Waals surface area contributed by atoms with Crippen LogP contribution in [0.1, 0.15) is 40.2 Å². The number of likely N-dealkylation sites (N-methyl/N-ethyl adjacent to an activating group) is 1. The topological polar surface area (TPSA) is 60.0 Å². The normalized spacial score (nSPS) is 18.4. The van der Waals surface area contributed by atoms with Crippen molar-refractivity contribution in [1.82, 2.24) is 10.2 Å². The summed E-state index contributed by atoms with van der Waals surface area (Å²) in [4.78, 5) is 13.5. The number of nitrogens with zero attached hydrogens (tertiary/aromatic N) is 1. The first-order valence-corrected chi connectivity index (χ1v) is 9.68. The van der Waals surface area contributed by atoms with Crippen molar-refractivity contribution in [3.8, 4) is 5.75 Å². The molecule has 154 valence electrons. The minimum atomic E-state index is -0.507. The second kappa shape index (κ2) is 9.12. The second-order valence-corrected chi connectivity index (χ2v) is 8.44. The van der Waals surface area contributed by atoms with Crippen LogP contribution in [-0.4, -0.2) is 62.9 Å². The fourth-order valence-electron chi connectivity index (χ4n) is 2.64. The van der Waals surface area contributed by atoms with Crippen molar-refractivity contribution >= 4 is 19.1 Å². The first kappa shape index (κ1) is 22.5. The number of carbonyl (C=O) groups excluding carboxylic acids is 1. The summed E-state index contributed by atoms with van der Waals surface area (Å²) in [6.45, 7) is 11.4. The Morgan fingerprint density at radius 1 is 1.14 bits per heavy atom. The first-order chi connectivity index (χ1) is 13.0. The van der Waals surface area contributed by atoms with Gasteiger partial charge in [0, 0.05) is 20.0 Å². The first-order valence-electron chi connectivity index (χ1n) is 9.68. The van der Waals surface area contributed by atoms with Gasteiger partial charge < -0.3 is 24.3 Å². The average molecular weight is 388 g/mol. The van der Waals surface area contributed by atoms with Crippen LogP contribution in [0.2, 0.25) is 0 Å². The summed E-state index contributed by atoms with van der Waals surface area (Å²) >= 11 is 0. The summed E-state index contributed by atoms with van der Waals surface area (Å²) in [5.74, 6) is 0.741. The molecule has 7 heteroatoms. The largest absolute Gasteiger partial charge is 0.492 e. The molecular weight excluding hydrogens is 355 g/mol. The molecule has 28 heavy (non-hydrogen) atoms. The molecule has 1 aliphatic rings. The Morgan fingerprint density at radius 2 is 1.71 bits per heavy atom. The van der Waals surface area contributed by atoms with Crippen LogP contribution in [0, 0.1) is 0 Å². The molecule has 0 bridgehead atoms. The van der Waals surface area contributed by atoms with E-state index in [0.717, 1.165) is 23.3 Å². The van der Waals surface area contributed by atoms with Gasteiger partial charge in [0.25, 0.3) is 0 Å². The molecule has 1 aromatic rings. The zero-order chi connectivity index (χ0) is 20.9. The third-order valence-electron chi connectivity index (χ3n) is 5.14. The Labute approximate surface area is 169 Å². The van der Waals surface area contributed by atoms with Gasteiger partial charge in [-0.05, 0) is 65.0 Å². The van der Waals surface area contributed by atoms with Gasteiger partial charge in [0.2, 0.25) is 5.91 Å². The fourth-order valence-corrected chi connectivity index (χ4v) is 2.64. The number of benzene rings is 1. The van der Waals surface area contributed by atoms with E-state index in [0.29, 0.717) is 13.2 Å². The molecule has 1 N–H and O–H groups in total. The SMILES string of the molecule is CC(=O)NCC(=Cc1ccc(OCCN(C)C)cc1)B1OC(C)(C)C(C)(C)O1. The molecule has 0 spiro atoms. The Kier molecular flexibility index (Phi) is 7.31. The molecule has 1 saturated heterocycles. The Bertz CT molecular complexity index is 683. The maximum Gasteiger partial charge on any atom is 0.492 e. The average Bonchev–Trinajstić information content (AvgIpc) is 2.80. The minimum absolute atomic E-state index is 0.0907. The number of ether oxygens (including phenoxy) is 1. The minimum Gasteiger partial charge on any atom is -0.492 e. The highest BCUT2D eigenvalue weighted by molar-refractivity contribution is 6.56. The summed E-state index contributed by atoms with van der Waals surface area (Å²) in [7, 11) is 3.53. The van der Waals surface area contributed by atoms with Gasteiger partial charge in [-0.3, -0.25) is 4.79 Å². The second-order valence-electron chi connectivity index (χ2n) is 8.44. The van der Waals surface area contributed by atoms with E-state index in [1.165, 1.54) is 6.92 Å². The maximum absolute atomic E-state index is 11.4. The van der Waals surface area contributed by atoms with E-state index in [-0.39, 0.29) is 5.91 Å². The lowest BCUT2D eigenvalue weighted by Crippen LogP contribution is -2.41. The van der Waals surface area contributed by atoms with Gasteiger partial charge in [-0.15, -0.1) is 0 Å². The van der Waals surface area contributed by atoms with Crippen molar-refractivity contribution < 1.29 is 18.8 Å². The maximum atomic E-state index is 11.4. The Balaban J connectivity index is 2.14. The van der Waals surface area contributed by atoms with Crippen molar-refractivity contribution in [2.24, 2.45) is 0 Å². The van der Waals surface area contributed by atoms with Crippen LogP contribution in [0.5, 0.6) is 5.75 Å². The van der Waals surface area contributed by atoms with E-state index in [1.807, 2.05) is 72.1 Å². The van der Waals surface area contributed by atoms with Crippen LogP contribution in [0.3, 0.4) is 0 Å². The van der Waals surface area contributed by atoms with E-state index >= 15 is 0 Å². The lowest BCUT2D eigenvalue weighted by atomic mass is 9.77. The summed E-state index contributed by atoms with van der Waals surface area (Å²) in [5.41, 5.74) is 0.999. The van der Waals surface area contributed by atoms with Crippen molar-refractivity contribution in [3.63, 3.8) is 0 Å². The number of nitrogens with one attached hydrogen (secondary N) is 1. The van der Waals surface area contributed by atoms with Gasteiger partial charge in [0.1, 0.15) is 12.4 Å². The summed E-state index contributed by atoms with van der Waals surface area (Å²) in [5, 5.41) is 2.85. The lowest BCUT2D eigenvalue weighted by Gasteiger charge is -2.32. The van der Waals surface area contributed by atoms with Gasteiger partial charge in [0.05, 0.1) is 11.2 Å². The molecule has 1 aromatic carbocycles. The van der Waals surface area contributed by atoms with E-state index in [2.05, 4.69) is 10.2 Å². The fraction of sp³-hybridized carbons (Fsp3) is 0.571. The zero-order valence-electron chi connectivity index (χ0n) is 18.2. The quantitative estimate of drug-likeness (QED) is 0.694. The van der Waals surface area contributed by atoms with E-state index in [1.54, 1.807) is 0 Å². The standard InChI is InChI=1S/C21H33BN2O4/c1-16(25)23-15-18(22-27-20(2,3)21(4,5)28-22)14-17-8-10-19(11-9-17)26-13-12-24(6)7/h8-11,14H,12-13,15H2,1-7H3,(H,23,25). The predicted molar refractivity (Wildman–Crippen MR) is 113 cm³/mol. The van der Waals surface area contributed by atoms with E-state index in [9.17, 15) is 4.79 Å². The van der Waals surface area contributed by atoms with Crippen molar-refractivity contribution in [1.29, 1.82) is 0 Å². The van der Waals surface area contributed by atoms with Crippen molar-refractivity contribution in [3.05, 3.63) is 35.3 Å². The van der Waals surface area contributed by atoms with Crippen LogP contribution in [-0.2, 0) is 14.1 Å². The summed E-state index contributed by atoms with van der Waals surface area (Å²) < 4.78 is 18.1. The third kappa shape index (κ3) is 6.09. The molecule has 0 radical (unpaired) electrons. The van der Waals surface area contributed by atoms with Gasteiger partial charge in [0.15, 0.2) is 0 Å². The summed E-state index contributed by atoms with van der Waals surface area (Å²) in [6.07, 6.45) is 2.00. The van der Waals surface area contributed by atoms with Crippen LogP contribution in [0.25, 0.3) is 6.08 Å². The molecule has 6 nitrogen and oxygen atoms in total. The van der Waals surface area contributed by atoms with Gasteiger partial charge in [-0.25, -0.2) is 0 Å². The molecule has 0 aliphatic carbocycles. The third-order valence-corrected chi connectivity index (χ3v) is 5.14. The highest BCUT2D eigenvalue weighted by atomic mass is 16.7. The number of hydrogen-bond acceptors (Lipinski definition) is 5. The number of amides is 1. The monoisotopic (exact) mass is 388 g/mol. The highest BCUT2D eigenvalue weighted by Crippen LogP contribution is 2.38. The van der Waals surface area contributed by atoms with Gasteiger partial charge in [-0.1, -0.05) is 18.2 Å². The molecule has 0 atom stereocenters.